The molecule has 0 aliphatic rings. The molecule has 0 fully saturated rings. The van der Waals surface area contributed by atoms with Crippen molar-refractivity contribution in [3.8, 4) is 6.07 Å². The van der Waals surface area contributed by atoms with E-state index >= 15 is 0 Å². The number of carbonyl (C=O) groups is 2. The lowest BCUT2D eigenvalue weighted by molar-refractivity contribution is -0.138. The molecule has 0 aliphatic carbocycles. The maximum absolute atomic E-state index is 11.8. The van der Waals surface area contributed by atoms with Crippen molar-refractivity contribution in [2.45, 2.75) is 13.8 Å². The van der Waals surface area contributed by atoms with Gasteiger partial charge in [0.25, 0.3) is 5.91 Å². The van der Waals surface area contributed by atoms with Crippen LogP contribution in [0.2, 0.25) is 0 Å². The van der Waals surface area contributed by atoms with Gasteiger partial charge in [-0.2, -0.15) is 5.26 Å². The lowest BCUT2D eigenvalue weighted by Crippen LogP contribution is -2.27. The molecule has 0 heterocycles. The average molecular weight is 288 g/mol. The number of esters is 1. The molecule has 110 valence electrons. The molecule has 1 rings (SSSR count). The van der Waals surface area contributed by atoms with Gasteiger partial charge < -0.3 is 15.2 Å². The first-order valence-corrected chi connectivity index (χ1v) is 6.33. The first-order valence-electron chi connectivity index (χ1n) is 6.33. The third kappa shape index (κ3) is 4.66. The molecule has 0 bridgehead atoms. The SMILES string of the molecule is CCOC(=O)C(C#N)=C(O)CNC(=O)c1ccc(C)cc1. The number of nitrogens with zero attached hydrogens (tertiary/aromatic N) is 1. The van der Waals surface area contributed by atoms with Gasteiger partial charge in [-0.05, 0) is 26.0 Å². The van der Waals surface area contributed by atoms with Gasteiger partial charge in [-0.15, -0.1) is 0 Å². The summed E-state index contributed by atoms with van der Waals surface area (Å²) in [6, 6.07) is 8.41. The van der Waals surface area contributed by atoms with Crippen LogP contribution in [0.4, 0.5) is 0 Å². The summed E-state index contributed by atoms with van der Waals surface area (Å²) in [7, 11) is 0. The van der Waals surface area contributed by atoms with Gasteiger partial charge in [0.1, 0.15) is 11.8 Å². The van der Waals surface area contributed by atoms with Gasteiger partial charge in [0.15, 0.2) is 5.57 Å². The van der Waals surface area contributed by atoms with Gasteiger partial charge in [0.05, 0.1) is 13.2 Å². The van der Waals surface area contributed by atoms with E-state index < -0.39 is 23.2 Å². The highest BCUT2D eigenvalue weighted by Gasteiger charge is 2.17. The highest BCUT2D eigenvalue weighted by molar-refractivity contribution is 5.95. The van der Waals surface area contributed by atoms with Gasteiger partial charge in [0.2, 0.25) is 0 Å². The van der Waals surface area contributed by atoms with E-state index in [0.717, 1.165) is 5.56 Å². The van der Waals surface area contributed by atoms with Gasteiger partial charge >= 0.3 is 5.97 Å². The molecule has 0 aromatic heterocycles. The van der Waals surface area contributed by atoms with E-state index in [1.807, 2.05) is 6.92 Å². The summed E-state index contributed by atoms with van der Waals surface area (Å²) in [5.41, 5.74) is 0.924. The Morgan fingerprint density at radius 1 is 1.33 bits per heavy atom. The fourth-order valence-electron chi connectivity index (χ4n) is 1.49. The fourth-order valence-corrected chi connectivity index (χ4v) is 1.49. The summed E-state index contributed by atoms with van der Waals surface area (Å²) in [5, 5.41) is 20.9. The Labute approximate surface area is 122 Å². The van der Waals surface area contributed by atoms with Crippen LogP contribution in [0.3, 0.4) is 0 Å². The number of hydrogen-bond donors (Lipinski definition) is 2. The summed E-state index contributed by atoms with van der Waals surface area (Å²) in [6.07, 6.45) is 0. The number of carbonyl (C=O) groups excluding carboxylic acids is 2. The summed E-state index contributed by atoms with van der Waals surface area (Å²) in [6.45, 7) is 3.25. The molecule has 0 unspecified atom stereocenters. The Bertz CT molecular complexity index is 597. The summed E-state index contributed by atoms with van der Waals surface area (Å²) >= 11 is 0. The minimum absolute atomic E-state index is 0.0903. The van der Waals surface area contributed by atoms with E-state index in [-0.39, 0.29) is 13.2 Å². The predicted molar refractivity (Wildman–Crippen MR) is 75.4 cm³/mol. The number of nitriles is 1. The summed E-state index contributed by atoms with van der Waals surface area (Å²) < 4.78 is 4.63. The quantitative estimate of drug-likeness (QED) is 0.371. The van der Waals surface area contributed by atoms with E-state index in [9.17, 15) is 14.7 Å². The Morgan fingerprint density at radius 3 is 2.48 bits per heavy atom. The number of ether oxygens (including phenoxy) is 1. The van der Waals surface area contributed by atoms with Crippen LogP contribution in [0.5, 0.6) is 0 Å². The second-order valence-electron chi connectivity index (χ2n) is 4.20. The number of aryl methyl sites for hydroxylation is 1. The van der Waals surface area contributed by atoms with Crippen LogP contribution in [0.25, 0.3) is 0 Å². The molecule has 1 amide bonds. The van der Waals surface area contributed by atoms with E-state index in [2.05, 4.69) is 10.1 Å². The average Bonchev–Trinajstić information content (AvgIpc) is 2.46. The number of aliphatic hydroxyl groups excluding tert-OH is 1. The van der Waals surface area contributed by atoms with Crippen LogP contribution < -0.4 is 5.32 Å². The van der Waals surface area contributed by atoms with Gasteiger partial charge in [-0.3, -0.25) is 4.79 Å². The lowest BCUT2D eigenvalue weighted by atomic mass is 10.1. The van der Waals surface area contributed by atoms with Crippen LogP contribution in [0, 0.1) is 18.3 Å². The van der Waals surface area contributed by atoms with Crippen LogP contribution in [-0.2, 0) is 9.53 Å². The standard InChI is InChI=1S/C15H16N2O4/c1-3-21-15(20)12(8-16)13(18)9-17-14(19)11-6-4-10(2)5-7-11/h4-7,18H,3,9H2,1-2H3,(H,17,19). The lowest BCUT2D eigenvalue weighted by Gasteiger charge is -2.07. The normalized spacial score (nSPS) is 11.1. The van der Waals surface area contributed by atoms with Crippen molar-refractivity contribution in [1.29, 1.82) is 5.26 Å². The van der Waals surface area contributed by atoms with E-state index in [4.69, 9.17) is 5.26 Å². The zero-order valence-corrected chi connectivity index (χ0v) is 11.8. The first-order chi connectivity index (χ1) is 9.99. The maximum atomic E-state index is 11.8. The van der Waals surface area contributed by atoms with E-state index in [1.165, 1.54) is 0 Å². The van der Waals surface area contributed by atoms with Crippen molar-refractivity contribution in [2.75, 3.05) is 13.2 Å². The largest absolute Gasteiger partial charge is 0.509 e. The van der Waals surface area contributed by atoms with Crippen LogP contribution >= 0.6 is 0 Å². The molecule has 6 nitrogen and oxygen atoms in total. The van der Waals surface area contributed by atoms with E-state index in [1.54, 1.807) is 37.3 Å². The molecule has 1 aromatic rings. The van der Waals surface area contributed by atoms with E-state index in [0.29, 0.717) is 5.56 Å². The zero-order valence-electron chi connectivity index (χ0n) is 11.8. The molecule has 1 aromatic carbocycles. The number of nitrogens with one attached hydrogen (secondary N) is 1. The second-order valence-corrected chi connectivity index (χ2v) is 4.20. The number of aliphatic hydroxyl groups is 1. The Kier molecular flexibility index (Phi) is 5.96. The van der Waals surface area contributed by atoms with Crippen LogP contribution in [0.1, 0.15) is 22.8 Å². The molecule has 0 radical (unpaired) electrons. The van der Waals surface area contributed by atoms with Crippen LogP contribution in [0.15, 0.2) is 35.6 Å². The fraction of sp³-hybridized carbons (Fsp3) is 0.267. The molecule has 0 saturated heterocycles. The molecule has 0 saturated carbocycles. The Hall–Kier alpha value is -2.81. The predicted octanol–water partition coefficient (Wildman–Crippen LogP) is 1.62. The van der Waals surface area contributed by atoms with Crippen molar-refractivity contribution in [1.82, 2.24) is 5.32 Å². The topological polar surface area (TPSA) is 99.4 Å². The van der Waals surface area contributed by atoms with Crippen molar-refractivity contribution in [3.05, 3.63) is 46.7 Å². The number of amides is 1. The highest BCUT2D eigenvalue weighted by Crippen LogP contribution is 2.05. The Balaban J connectivity index is 2.72. The Morgan fingerprint density at radius 2 is 1.95 bits per heavy atom. The van der Waals surface area contributed by atoms with Crippen molar-refractivity contribution < 1.29 is 19.4 Å². The van der Waals surface area contributed by atoms with Crippen molar-refractivity contribution >= 4 is 11.9 Å². The van der Waals surface area contributed by atoms with Crippen LogP contribution in [-0.4, -0.2) is 30.1 Å². The van der Waals surface area contributed by atoms with Gasteiger partial charge in [-0.25, -0.2) is 4.79 Å². The number of benzene rings is 1. The smallest absolute Gasteiger partial charge is 0.352 e. The minimum Gasteiger partial charge on any atom is -0.509 e. The highest BCUT2D eigenvalue weighted by atomic mass is 16.5. The third-order valence-corrected chi connectivity index (χ3v) is 2.61. The molecule has 21 heavy (non-hydrogen) atoms. The minimum atomic E-state index is -0.915. The summed E-state index contributed by atoms with van der Waals surface area (Å²) in [4.78, 5) is 23.2. The molecular weight excluding hydrogens is 272 g/mol. The maximum Gasteiger partial charge on any atom is 0.352 e. The third-order valence-electron chi connectivity index (χ3n) is 2.61. The number of rotatable bonds is 5. The van der Waals surface area contributed by atoms with Crippen molar-refractivity contribution in [3.63, 3.8) is 0 Å². The first kappa shape index (κ1) is 16.2. The second kappa shape index (κ2) is 7.70. The molecule has 0 aliphatic heterocycles. The summed E-state index contributed by atoms with van der Waals surface area (Å²) in [5.74, 6) is -1.86. The molecule has 0 atom stereocenters. The van der Waals surface area contributed by atoms with Gasteiger partial charge in [0, 0.05) is 5.56 Å². The molecule has 6 heteroatoms. The number of hydrogen-bond acceptors (Lipinski definition) is 5. The van der Waals surface area contributed by atoms with Gasteiger partial charge in [-0.1, -0.05) is 17.7 Å². The molecule has 0 spiro atoms. The molecular formula is C15H16N2O4. The monoisotopic (exact) mass is 288 g/mol. The zero-order chi connectivity index (χ0) is 15.8. The van der Waals surface area contributed by atoms with Crippen molar-refractivity contribution in [2.24, 2.45) is 0 Å². The molecule has 2 N–H and O–H groups in total.